The number of aryl methyl sites for hydroxylation is 1. The van der Waals surface area contributed by atoms with Crippen LogP contribution in [-0.2, 0) is 13.1 Å². The van der Waals surface area contributed by atoms with Gasteiger partial charge in [0.1, 0.15) is 41.4 Å². The van der Waals surface area contributed by atoms with Gasteiger partial charge in [0.2, 0.25) is 0 Å². The highest BCUT2D eigenvalue weighted by Crippen LogP contribution is 2.42. The van der Waals surface area contributed by atoms with E-state index in [1.165, 1.54) is 35.4 Å². The van der Waals surface area contributed by atoms with Crippen LogP contribution in [0.1, 0.15) is 41.9 Å². The van der Waals surface area contributed by atoms with Crippen molar-refractivity contribution in [2.75, 3.05) is 45.2 Å². The van der Waals surface area contributed by atoms with Gasteiger partial charge in [-0.25, -0.2) is 13.2 Å². The van der Waals surface area contributed by atoms with Gasteiger partial charge < -0.3 is 19.6 Å². The molecule has 0 unspecified atom stereocenters. The Morgan fingerprint density at radius 3 is 2.80 bits per heavy atom. The highest BCUT2D eigenvalue weighted by molar-refractivity contribution is 6.37. The minimum absolute atomic E-state index is 0.0850. The summed E-state index contributed by atoms with van der Waals surface area (Å²) >= 11 is 6.39. The molecule has 260 valence electrons. The summed E-state index contributed by atoms with van der Waals surface area (Å²) in [6.07, 6.45) is 3.16. The molecule has 3 aliphatic rings. The Hall–Kier alpha value is -4.69. The topological polar surface area (TPSA) is 113 Å². The second kappa shape index (κ2) is 12.3. The number of hydrogen-bond donors (Lipinski definition) is 1. The lowest BCUT2D eigenvalue weighted by molar-refractivity contribution is 0.0821. The quantitative estimate of drug-likeness (QED) is 0.236. The maximum Gasteiger partial charge on any atom is 0.319 e. The number of anilines is 1. The zero-order valence-electron chi connectivity index (χ0n) is 27.5. The number of carbonyl (C=O) groups is 1. The molecule has 0 saturated carbocycles. The summed E-state index contributed by atoms with van der Waals surface area (Å²) in [4.78, 5) is 32.0. The Kier molecular flexibility index (Phi) is 7.98. The van der Waals surface area contributed by atoms with E-state index in [0.717, 1.165) is 25.1 Å². The zero-order valence-corrected chi connectivity index (χ0v) is 28.2. The SMILES string of the molecule is CN(C)C(=O)c1cc2n(n1)CCCN(c1nc(OC[C@@]34CCCN3C[C@H](F)C4)nc3c(F)c(-c4cc(O)cc5ccc(F)c(Cl)c45)ncc13)C2. The first-order valence-corrected chi connectivity index (χ1v) is 16.9. The van der Waals surface area contributed by atoms with Crippen molar-refractivity contribution in [3.05, 3.63) is 64.6 Å². The number of benzene rings is 2. The van der Waals surface area contributed by atoms with E-state index < -0.39 is 23.3 Å². The Morgan fingerprint density at radius 2 is 1.98 bits per heavy atom. The van der Waals surface area contributed by atoms with Crippen LogP contribution in [0, 0.1) is 11.6 Å². The molecule has 3 aliphatic heterocycles. The predicted octanol–water partition coefficient (Wildman–Crippen LogP) is 5.75. The molecule has 15 heteroatoms. The van der Waals surface area contributed by atoms with Crippen molar-refractivity contribution < 1.29 is 27.8 Å². The van der Waals surface area contributed by atoms with E-state index in [0.29, 0.717) is 61.3 Å². The Morgan fingerprint density at radius 1 is 1.14 bits per heavy atom. The number of ether oxygens (including phenoxy) is 1. The van der Waals surface area contributed by atoms with Gasteiger partial charge in [-0.05, 0) is 55.5 Å². The third-order valence-corrected chi connectivity index (χ3v) is 10.4. The van der Waals surface area contributed by atoms with Crippen molar-refractivity contribution in [3.63, 3.8) is 0 Å². The van der Waals surface area contributed by atoms with Crippen molar-refractivity contribution in [3.8, 4) is 23.0 Å². The largest absolute Gasteiger partial charge is 0.508 e. The molecule has 11 nitrogen and oxygen atoms in total. The number of pyridine rings is 1. The number of nitrogens with zero attached hydrogens (tertiary/aromatic N) is 8. The monoisotopic (exact) mass is 706 g/mol. The normalized spacial score (nSPS) is 20.7. The number of hydrogen-bond acceptors (Lipinski definition) is 9. The van der Waals surface area contributed by atoms with Crippen LogP contribution in [-0.4, -0.2) is 97.6 Å². The lowest BCUT2D eigenvalue weighted by Crippen LogP contribution is -2.43. The molecule has 0 aliphatic carbocycles. The van der Waals surface area contributed by atoms with Gasteiger partial charge in [0, 0.05) is 57.3 Å². The number of phenolic OH excluding ortho intramolecular Hbond substituents is 1. The number of carbonyl (C=O) groups excluding carboxylic acids is 1. The summed E-state index contributed by atoms with van der Waals surface area (Å²) in [5.74, 6) is -1.58. The van der Waals surface area contributed by atoms with Crippen molar-refractivity contribution in [1.82, 2.24) is 34.5 Å². The van der Waals surface area contributed by atoms with E-state index in [4.69, 9.17) is 21.3 Å². The number of fused-ring (bicyclic) bond motifs is 4. The smallest absolute Gasteiger partial charge is 0.319 e. The van der Waals surface area contributed by atoms with Crippen LogP contribution in [0.25, 0.3) is 32.9 Å². The molecule has 0 radical (unpaired) electrons. The van der Waals surface area contributed by atoms with Gasteiger partial charge in [0.15, 0.2) is 11.5 Å². The second-order valence-corrected chi connectivity index (χ2v) is 13.9. The number of halogens is 4. The predicted molar refractivity (Wildman–Crippen MR) is 181 cm³/mol. The molecular formula is C35H34ClF3N8O3. The number of aromatic nitrogens is 5. The highest BCUT2D eigenvalue weighted by Gasteiger charge is 2.49. The molecule has 5 aromatic rings. The summed E-state index contributed by atoms with van der Waals surface area (Å²) < 4.78 is 54.2. The van der Waals surface area contributed by atoms with E-state index in [2.05, 4.69) is 20.0 Å². The Labute approximate surface area is 290 Å². The molecule has 0 bridgehead atoms. The molecule has 50 heavy (non-hydrogen) atoms. The molecule has 2 aromatic carbocycles. The van der Waals surface area contributed by atoms with E-state index in [1.54, 1.807) is 24.8 Å². The van der Waals surface area contributed by atoms with Crippen molar-refractivity contribution >= 4 is 45.0 Å². The summed E-state index contributed by atoms with van der Waals surface area (Å²) in [5.41, 5.74) is 0.386. The number of amides is 1. The first kappa shape index (κ1) is 32.5. The van der Waals surface area contributed by atoms with Crippen molar-refractivity contribution in [2.45, 2.75) is 50.5 Å². The number of alkyl halides is 1. The van der Waals surface area contributed by atoms with Crippen LogP contribution in [0.3, 0.4) is 0 Å². The van der Waals surface area contributed by atoms with Crippen LogP contribution < -0.4 is 9.64 Å². The van der Waals surface area contributed by atoms with Gasteiger partial charge in [-0.3, -0.25) is 19.4 Å². The van der Waals surface area contributed by atoms with Crippen LogP contribution in [0.2, 0.25) is 5.02 Å². The minimum atomic E-state index is -0.960. The summed E-state index contributed by atoms with van der Waals surface area (Å²) in [7, 11) is 3.33. The fourth-order valence-corrected chi connectivity index (χ4v) is 7.98. The van der Waals surface area contributed by atoms with Gasteiger partial charge in [-0.1, -0.05) is 17.7 Å². The van der Waals surface area contributed by atoms with E-state index in [-0.39, 0.29) is 51.5 Å². The molecule has 2 fully saturated rings. The van der Waals surface area contributed by atoms with Gasteiger partial charge in [0.05, 0.1) is 28.2 Å². The van der Waals surface area contributed by atoms with Gasteiger partial charge in [-0.15, -0.1) is 0 Å². The molecule has 2 atom stereocenters. The number of rotatable bonds is 6. The lowest BCUT2D eigenvalue weighted by Gasteiger charge is -2.31. The summed E-state index contributed by atoms with van der Waals surface area (Å²) in [6.45, 7) is 2.63. The highest BCUT2D eigenvalue weighted by atomic mass is 35.5. The maximum absolute atomic E-state index is 16.9. The first-order chi connectivity index (χ1) is 24.0. The van der Waals surface area contributed by atoms with Gasteiger partial charge in [-0.2, -0.15) is 15.1 Å². The average molecular weight is 707 g/mol. The van der Waals surface area contributed by atoms with E-state index in [1.807, 2.05) is 4.90 Å². The fourth-order valence-electron chi connectivity index (χ4n) is 7.71. The molecule has 0 spiro atoms. The average Bonchev–Trinajstić information content (AvgIpc) is 3.71. The standard InChI is InChI=1S/C35H34ClF3N8O3/c1-44(2)33(49)26-12-21-17-45(8-4-10-47(21)43-26)32-24-15-40-30(23-13-22(48)11-19-5-6-25(38)28(36)27(19)23)29(39)31(24)41-34(42-32)50-18-35-7-3-9-46(35)16-20(37)14-35/h5-6,11-13,15,20,48H,3-4,7-10,14,16-18H2,1-2H3/t20-,35+/m1/s1. The summed E-state index contributed by atoms with van der Waals surface area (Å²) in [5, 5.41) is 15.7. The van der Waals surface area contributed by atoms with Crippen LogP contribution in [0.4, 0.5) is 19.0 Å². The third-order valence-electron chi connectivity index (χ3n) is 10.1. The third kappa shape index (κ3) is 5.45. The zero-order chi connectivity index (χ0) is 34.9. The summed E-state index contributed by atoms with van der Waals surface area (Å²) in [6, 6.07) is 6.98. The molecule has 1 amide bonds. The van der Waals surface area contributed by atoms with Crippen molar-refractivity contribution in [2.24, 2.45) is 0 Å². The molecule has 2 saturated heterocycles. The van der Waals surface area contributed by atoms with E-state index >= 15 is 4.39 Å². The van der Waals surface area contributed by atoms with E-state index in [9.17, 15) is 18.7 Å². The first-order valence-electron chi connectivity index (χ1n) is 16.5. The lowest BCUT2D eigenvalue weighted by atomic mass is 9.95. The fraction of sp³-hybridized carbons (Fsp3) is 0.400. The number of phenols is 1. The Bertz CT molecular complexity index is 2180. The minimum Gasteiger partial charge on any atom is -0.508 e. The second-order valence-electron chi connectivity index (χ2n) is 13.5. The van der Waals surface area contributed by atoms with Crippen LogP contribution >= 0.6 is 11.6 Å². The molecule has 1 N–H and O–H groups in total. The van der Waals surface area contributed by atoms with Crippen LogP contribution in [0.5, 0.6) is 11.8 Å². The van der Waals surface area contributed by atoms with Gasteiger partial charge in [0.25, 0.3) is 5.91 Å². The molecular weight excluding hydrogens is 673 g/mol. The maximum atomic E-state index is 16.9. The van der Waals surface area contributed by atoms with Crippen molar-refractivity contribution in [1.29, 1.82) is 0 Å². The van der Waals surface area contributed by atoms with Gasteiger partial charge >= 0.3 is 6.01 Å². The molecule has 6 heterocycles. The molecule has 8 rings (SSSR count). The Balaban J connectivity index is 1.26. The van der Waals surface area contributed by atoms with Crippen LogP contribution in [0.15, 0.2) is 36.5 Å². The number of aromatic hydroxyl groups is 1. The molecule has 3 aromatic heterocycles.